The summed E-state index contributed by atoms with van der Waals surface area (Å²) in [5.41, 5.74) is 0. The summed E-state index contributed by atoms with van der Waals surface area (Å²) in [5, 5.41) is 5.06. The van der Waals surface area contributed by atoms with E-state index >= 15 is 0 Å². The molecule has 0 N–H and O–H groups in total. The molecule has 1 atom stereocenters. The van der Waals surface area contributed by atoms with Gasteiger partial charge in [-0.25, -0.2) is 0 Å². The van der Waals surface area contributed by atoms with Crippen molar-refractivity contribution in [1.29, 1.82) is 0 Å². The van der Waals surface area contributed by atoms with E-state index in [0.29, 0.717) is 0 Å². The van der Waals surface area contributed by atoms with Crippen molar-refractivity contribution in [2.24, 2.45) is 0 Å². The molecule has 1 aromatic heterocycles. The molecule has 0 aromatic carbocycles. The molecule has 2 rings (SSSR count). The first kappa shape index (κ1) is 14.9. The number of rotatable bonds is 7. The molecule has 3 nitrogen and oxygen atoms in total. The molecule has 1 saturated heterocycles. The van der Waals surface area contributed by atoms with Crippen LogP contribution in [0.1, 0.15) is 39.5 Å². The van der Waals surface area contributed by atoms with E-state index in [-0.39, 0.29) is 0 Å². The first-order valence-electron chi connectivity index (χ1n) is 7.59. The molecule has 1 aromatic rings. The molecule has 0 radical (unpaired) electrons. The summed E-state index contributed by atoms with van der Waals surface area (Å²) in [6, 6.07) is 2.78. The Balaban J connectivity index is 1.75. The van der Waals surface area contributed by atoms with Gasteiger partial charge in [-0.1, -0.05) is 20.3 Å². The first-order valence-corrected chi connectivity index (χ1v) is 8.63. The molecule has 19 heavy (non-hydrogen) atoms. The van der Waals surface area contributed by atoms with Gasteiger partial charge in [0.1, 0.15) is 0 Å². The van der Waals surface area contributed by atoms with E-state index in [1.165, 1.54) is 44.5 Å². The predicted octanol–water partition coefficient (Wildman–Crippen LogP) is 3.27. The third-order valence-electron chi connectivity index (χ3n) is 3.83. The highest BCUT2D eigenvalue weighted by Crippen LogP contribution is 2.21. The van der Waals surface area contributed by atoms with Crippen LogP contribution < -0.4 is 0 Å². The van der Waals surface area contributed by atoms with Crippen LogP contribution >= 0.6 is 11.8 Å². The number of likely N-dealkylation sites (tertiary alicyclic amines) is 1. The quantitative estimate of drug-likeness (QED) is 0.765. The molecule has 1 aliphatic heterocycles. The van der Waals surface area contributed by atoms with Gasteiger partial charge in [-0.15, -0.1) is 0 Å². The Morgan fingerprint density at radius 2 is 2.21 bits per heavy atom. The molecule has 1 aliphatic rings. The van der Waals surface area contributed by atoms with Gasteiger partial charge < -0.3 is 0 Å². The van der Waals surface area contributed by atoms with Gasteiger partial charge in [-0.3, -0.25) is 9.58 Å². The van der Waals surface area contributed by atoms with Crippen molar-refractivity contribution < 1.29 is 0 Å². The molecule has 4 heteroatoms. The van der Waals surface area contributed by atoms with Crippen LogP contribution in [0.25, 0.3) is 0 Å². The summed E-state index contributed by atoms with van der Waals surface area (Å²) in [4.78, 5) is 2.71. The van der Waals surface area contributed by atoms with E-state index in [9.17, 15) is 0 Å². The fourth-order valence-corrected chi connectivity index (χ4v) is 3.61. The molecule has 2 heterocycles. The van der Waals surface area contributed by atoms with Crippen molar-refractivity contribution in [2.45, 2.75) is 57.4 Å². The van der Waals surface area contributed by atoms with E-state index in [1.54, 1.807) is 0 Å². The second-order valence-electron chi connectivity index (χ2n) is 5.66. The van der Waals surface area contributed by atoms with E-state index in [2.05, 4.69) is 46.5 Å². The van der Waals surface area contributed by atoms with Gasteiger partial charge in [0.15, 0.2) is 0 Å². The Bertz CT molecular complexity index is 337. The first-order chi connectivity index (χ1) is 9.25. The van der Waals surface area contributed by atoms with Crippen LogP contribution in [0.3, 0.4) is 0 Å². The average Bonchev–Trinajstić information content (AvgIpc) is 2.90. The Morgan fingerprint density at radius 1 is 1.32 bits per heavy atom. The normalized spacial score (nSPS) is 21.1. The Morgan fingerprint density at radius 3 is 2.95 bits per heavy atom. The van der Waals surface area contributed by atoms with Crippen molar-refractivity contribution in [3.05, 3.63) is 18.5 Å². The number of aromatic nitrogens is 2. The largest absolute Gasteiger partial charge is 0.300 e. The molecule has 0 amide bonds. The van der Waals surface area contributed by atoms with Gasteiger partial charge in [0, 0.05) is 37.3 Å². The molecule has 0 spiro atoms. The summed E-state index contributed by atoms with van der Waals surface area (Å²) >= 11 is 2.08. The zero-order chi connectivity index (χ0) is 13.5. The van der Waals surface area contributed by atoms with Crippen molar-refractivity contribution >= 4 is 11.8 Å². The van der Waals surface area contributed by atoms with Crippen LogP contribution in [-0.4, -0.2) is 44.8 Å². The molecule has 0 bridgehead atoms. The monoisotopic (exact) mass is 281 g/mol. The van der Waals surface area contributed by atoms with Crippen LogP contribution in [0, 0.1) is 0 Å². The van der Waals surface area contributed by atoms with Gasteiger partial charge >= 0.3 is 0 Å². The molecule has 1 fully saturated rings. The summed E-state index contributed by atoms with van der Waals surface area (Å²) in [6.07, 6.45) is 9.34. The van der Waals surface area contributed by atoms with Crippen molar-refractivity contribution in [2.75, 3.05) is 18.8 Å². The number of thioether (sulfide) groups is 1. The zero-order valence-corrected chi connectivity index (χ0v) is 13.1. The van der Waals surface area contributed by atoms with Gasteiger partial charge in [0.25, 0.3) is 0 Å². The van der Waals surface area contributed by atoms with E-state index < -0.39 is 0 Å². The lowest BCUT2D eigenvalue weighted by Gasteiger charge is -2.35. The second kappa shape index (κ2) is 7.95. The van der Waals surface area contributed by atoms with Crippen molar-refractivity contribution in [3.8, 4) is 0 Å². The minimum absolute atomic E-state index is 0.757. The third-order valence-corrected chi connectivity index (χ3v) is 4.91. The highest BCUT2D eigenvalue weighted by Gasteiger charge is 2.21. The Labute approximate surface area is 121 Å². The SMILES string of the molecule is CC(C)SCCN1CCCC[C@H]1CCn1cccn1. The number of hydrogen-bond donors (Lipinski definition) is 0. The molecular weight excluding hydrogens is 254 g/mol. The lowest BCUT2D eigenvalue weighted by atomic mass is 9.99. The molecule has 0 aliphatic carbocycles. The summed E-state index contributed by atoms with van der Waals surface area (Å²) in [6.45, 7) is 8.19. The van der Waals surface area contributed by atoms with Crippen LogP contribution in [-0.2, 0) is 6.54 Å². The lowest BCUT2D eigenvalue weighted by molar-refractivity contribution is 0.144. The smallest absolute Gasteiger partial charge is 0.0489 e. The summed E-state index contributed by atoms with van der Waals surface area (Å²) in [7, 11) is 0. The fraction of sp³-hybridized carbons (Fsp3) is 0.800. The molecule has 0 saturated carbocycles. The molecular formula is C15H27N3S. The maximum absolute atomic E-state index is 4.31. The topological polar surface area (TPSA) is 21.1 Å². The van der Waals surface area contributed by atoms with E-state index in [0.717, 1.165) is 17.8 Å². The number of hydrogen-bond acceptors (Lipinski definition) is 3. The maximum Gasteiger partial charge on any atom is 0.0489 e. The highest BCUT2D eigenvalue weighted by atomic mass is 32.2. The number of piperidine rings is 1. The van der Waals surface area contributed by atoms with Gasteiger partial charge in [0.05, 0.1) is 0 Å². The Hall–Kier alpha value is -0.480. The predicted molar refractivity (Wildman–Crippen MR) is 83.7 cm³/mol. The zero-order valence-electron chi connectivity index (χ0n) is 12.3. The number of nitrogens with zero attached hydrogens (tertiary/aromatic N) is 3. The standard InChI is InChI=1S/C15H27N3S/c1-14(2)19-13-12-17-9-4-3-6-15(17)7-11-18-10-5-8-16-18/h5,8,10,14-15H,3-4,6-7,9,11-13H2,1-2H3/t15-/m0/s1. The Kier molecular flexibility index (Phi) is 6.24. The van der Waals surface area contributed by atoms with Crippen LogP contribution in [0.2, 0.25) is 0 Å². The van der Waals surface area contributed by atoms with Gasteiger partial charge in [-0.05, 0) is 37.1 Å². The minimum atomic E-state index is 0.757. The van der Waals surface area contributed by atoms with E-state index in [4.69, 9.17) is 0 Å². The van der Waals surface area contributed by atoms with Crippen LogP contribution in [0.5, 0.6) is 0 Å². The third kappa shape index (κ3) is 5.19. The fourth-order valence-electron chi connectivity index (χ4n) is 2.80. The van der Waals surface area contributed by atoms with Crippen molar-refractivity contribution in [1.82, 2.24) is 14.7 Å². The minimum Gasteiger partial charge on any atom is -0.300 e. The summed E-state index contributed by atoms with van der Waals surface area (Å²) in [5.74, 6) is 1.27. The highest BCUT2D eigenvalue weighted by molar-refractivity contribution is 7.99. The van der Waals surface area contributed by atoms with E-state index in [1.807, 2.05) is 12.3 Å². The second-order valence-corrected chi connectivity index (χ2v) is 7.35. The average molecular weight is 281 g/mol. The number of aryl methyl sites for hydroxylation is 1. The van der Waals surface area contributed by atoms with Gasteiger partial charge in [-0.2, -0.15) is 16.9 Å². The molecule has 0 unspecified atom stereocenters. The van der Waals surface area contributed by atoms with Crippen LogP contribution in [0.4, 0.5) is 0 Å². The van der Waals surface area contributed by atoms with Crippen molar-refractivity contribution in [3.63, 3.8) is 0 Å². The van der Waals surface area contributed by atoms with Gasteiger partial charge in [0.2, 0.25) is 0 Å². The lowest BCUT2D eigenvalue weighted by Crippen LogP contribution is -2.41. The summed E-state index contributed by atoms with van der Waals surface area (Å²) < 4.78 is 2.07. The van der Waals surface area contributed by atoms with Crippen LogP contribution in [0.15, 0.2) is 18.5 Å². The maximum atomic E-state index is 4.31. The molecule has 108 valence electrons.